The first-order chi connectivity index (χ1) is 14.5. The highest BCUT2D eigenvalue weighted by Crippen LogP contribution is 2.33. The zero-order chi connectivity index (χ0) is 21.4. The van der Waals surface area contributed by atoms with Crippen LogP contribution in [0.3, 0.4) is 0 Å². The van der Waals surface area contributed by atoms with Crippen LogP contribution < -0.4 is 0 Å². The molecule has 1 fully saturated rings. The van der Waals surface area contributed by atoms with Crippen LogP contribution in [0.5, 0.6) is 0 Å². The molecule has 3 heterocycles. The van der Waals surface area contributed by atoms with Crippen LogP contribution >= 0.6 is 11.3 Å². The van der Waals surface area contributed by atoms with Gasteiger partial charge < -0.3 is 14.3 Å². The molecule has 4 nitrogen and oxygen atoms in total. The molecular weight excluding hydrogens is 394 g/mol. The first-order valence-electron chi connectivity index (χ1n) is 10.9. The summed E-state index contributed by atoms with van der Waals surface area (Å²) >= 11 is 1.84. The molecule has 1 aliphatic rings. The number of ether oxygens (including phenoxy) is 1. The van der Waals surface area contributed by atoms with Gasteiger partial charge in [-0.25, -0.2) is 0 Å². The molecule has 30 heavy (non-hydrogen) atoms. The van der Waals surface area contributed by atoms with Crippen LogP contribution in [0.15, 0.2) is 54.0 Å². The fourth-order valence-corrected chi connectivity index (χ4v) is 4.97. The molecule has 3 rings (SSSR count). The molecule has 2 aromatic rings. The molecule has 0 aliphatic carbocycles. The van der Waals surface area contributed by atoms with Gasteiger partial charge in [0.05, 0.1) is 12.6 Å². The molecule has 1 N–H and O–H groups in total. The summed E-state index contributed by atoms with van der Waals surface area (Å²) in [4.78, 5) is 5.08. The molecule has 0 bridgehead atoms. The maximum atomic E-state index is 11.2. The van der Waals surface area contributed by atoms with Crippen LogP contribution in [0.25, 0.3) is 0 Å². The van der Waals surface area contributed by atoms with Crippen LogP contribution in [-0.2, 0) is 23.4 Å². The van der Waals surface area contributed by atoms with Crippen LogP contribution in [0, 0.1) is 6.92 Å². The normalized spacial score (nSPS) is 17.0. The Hall–Kier alpha value is -1.66. The van der Waals surface area contributed by atoms with Crippen molar-refractivity contribution in [2.24, 2.45) is 0 Å². The lowest BCUT2D eigenvalue weighted by Gasteiger charge is -2.26. The Labute approximate surface area is 184 Å². The summed E-state index contributed by atoms with van der Waals surface area (Å²) < 4.78 is 12.1. The van der Waals surface area contributed by atoms with Gasteiger partial charge in [0, 0.05) is 29.5 Å². The molecule has 0 saturated carbocycles. The minimum atomic E-state index is -0.981. The maximum Gasteiger partial charge on any atom is 0.135 e. The Bertz CT molecular complexity index is 791. The zero-order valence-electron chi connectivity index (χ0n) is 18.1. The van der Waals surface area contributed by atoms with Gasteiger partial charge in [0.15, 0.2) is 0 Å². The predicted octanol–water partition coefficient (Wildman–Crippen LogP) is 5.95. The van der Waals surface area contributed by atoms with E-state index in [1.165, 1.54) is 9.75 Å². The molecule has 1 atom stereocenters. The third kappa shape index (κ3) is 6.42. The summed E-state index contributed by atoms with van der Waals surface area (Å²) in [6, 6.07) is 8.32. The van der Waals surface area contributed by atoms with E-state index in [1.54, 1.807) is 0 Å². The maximum absolute atomic E-state index is 11.2. The van der Waals surface area contributed by atoms with Gasteiger partial charge >= 0.3 is 0 Å². The first-order valence-corrected chi connectivity index (χ1v) is 11.8. The lowest BCUT2D eigenvalue weighted by Crippen LogP contribution is -2.31. The second-order valence-electron chi connectivity index (χ2n) is 8.27. The quantitative estimate of drug-likeness (QED) is 0.400. The van der Waals surface area contributed by atoms with Gasteiger partial charge in [0.2, 0.25) is 0 Å². The average Bonchev–Trinajstić information content (AvgIpc) is 3.48. The minimum absolute atomic E-state index is 0.289. The monoisotopic (exact) mass is 429 g/mol. The topological polar surface area (TPSA) is 45.8 Å². The number of allylic oxidation sites excluding steroid dienone is 2. The SMILES string of the molecule is C=CCCC(O)(CCC=C)c1ccc(CN(Cc2ccc(C)s2)CC2CCCO2)o1. The molecule has 0 spiro atoms. The molecule has 0 aromatic carbocycles. The van der Waals surface area contributed by atoms with E-state index < -0.39 is 5.60 Å². The highest BCUT2D eigenvalue weighted by molar-refractivity contribution is 7.11. The van der Waals surface area contributed by atoms with E-state index in [0.29, 0.717) is 25.1 Å². The predicted molar refractivity (Wildman–Crippen MR) is 124 cm³/mol. The molecule has 0 amide bonds. The van der Waals surface area contributed by atoms with Crippen molar-refractivity contribution in [2.75, 3.05) is 13.2 Å². The van der Waals surface area contributed by atoms with Gasteiger partial charge in [0.25, 0.3) is 0 Å². The summed E-state index contributed by atoms with van der Waals surface area (Å²) in [5.41, 5.74) is -0.981. The molecular formula is C25H35NO3S. The van der Waals surface area contributed by atoms with Crippen LogP contribution in [-0.4, -0.2) is 29.3 Å². The van der Waals surface area contributed by atoms with Crippen LogP contribution in [0.2, 0.25) is 0 Å². The Morgan fingerprint density at radius 1 is 1.17 bits per heavy atom. The van der Waals surface area contributed by atoms with E-state index in [0.717, 1.165) is 51.1 Å². The van der Waals surface area contributed by atoms with Gasteiger partial charge in [-0.2, -0.15) is 0 Å². The van der Waals surface area contributed by atoms with E-state index in [9.17, 15) is 5.11 Å². The van der Waals surface area contributed by atoms with Crippen molar-refractivity contribution in [2.45, 2.75) is 70.2 Å². The number of hydrogen-bond donors (Lipinski definition) is 1. The van der Waals surface area contributed by atoms with Crippen LogP contribution in [0.1, 0.15) is 59.8 Å². The van der Waals surface area contributed by atoms with Crippen molar-refractivity contribution < 1.29 is 14.3 Å². The van der Waals surface area contributed by atoms with Crippen molar-refractivity contribution in [3.05, 3.63) is 70.9 Å². The van der Waals surface area contributed by atoms with Gasteiger partial charge in [0.1, 0.15) is 17.1 Å². The fraction of sp³-hybridized carbons (Fsp3) is 0.520. The van der Waals surface area contributed by atoms with E-state index >= 15 is 0 Å². The largest absolute Gasteiger partial charge is 0.462 e. The summed E-state index contributed by atoms with van der Waals surface area (Å²) in [5, 5.41) is 11.2. The molecule has 5 heteroatoms. The van der Waals surface area contributed by atoms with Crippen molar-refractivity contribution in [3.63, 3.8) is 0 Å². The lowest BCUT2D eigenvalue weighted by molar-refractivity contribution is -0.00260. The van der Waals surface area contributed by atoms with E-state index in [1.807, 2.05) is 35.6 Å². The van der Waals surface area contributed by atoms with E-state index in [-0.39, 0.29) is 6.10 Å². The van der Waals surface area contributed by atoms with Gasteiger partial charge in [-0.05, 0) is 69.7 Å². The van der Waals surface area contributed by atoms with Crippen molar-refractivity contribution >= 4 is 11.3 Å². The Balaban J connectivity index is 1.72. The van der Waals surface area contributed by atoms with E-state index in [2.05, 4.69) is 37.1 Å². The van der Waals surface area contributed by atoms with E-state index in [4.69, 9.17) is 9.15 Å². The van der Waals surface area contributed by atoms with Crippen molar-refractivity contribution in [1.82, 2.24) is 4.90 Å². The van der Waals surface area contributed by atoms with Crippen molar-refractivity contribution in [1.29, 1.82) is 0 Å². The summed E-state index contributed by atoms with van der Waals surface area (Å²) in [6.45, 7) is 13.1. The van der Waals surface area contributed by atoms with Crippen molar-refractivity contribution in [3.8, 4) is 0 Å². The number of nitrogens with zero attached hydrogens (tertiary/aromatic N) is 1. The second-order valence-corrected chi connectivity index (χ2v) is 9.64. The second kappa shape index (κ2) is 11.1. The zero-order valence-corrected chi connectivity index (χ0v) is 19.0. The molecule has 0 radical (unpaired) electrons. The standard InChI is InChI=1S/C25H35NO3S/c1-4-6-14-25(27,15-7-5-2)24-13-11-22(29-24)18-26(17-21-9-8-16-28-21)19-23-12-10-20(3)30-23/h4-5,10-13,21,27H,1-2,6-9,14-19H2,3H3. The Kier molecular flexibility index (Phi) is 8.51. The van der Waals surface area contributed by atoms with Gasteiger partial charge in [-0.15, -0.1) is 24.5 Å². The number of hydrogen-bond acceptors (Lipinski definition) is 5. The summed E-state index contributed by atoms with van der Waals surface area (Å²) in [7, 11) is 0. The molecule has 1 saturated heterocycles. The third-order valence-corrected chi connectivity index (χ3v) is 6.67. The highest BCUT2D eigenvalue weighted by Gasteiger charge is 2.31. The lowest BCUT2D eigenvalue weighted by atomic mass is 9.89. The fourth-order valence-electron chi connectivity index (χ4n) is 4.04. The Morgan fingerprint density at radius 2 is 1.93 bits per heavy atom. The smallest absolute Gasteiger partial charge is 0.135 e. The number of aliphatic hydroxyl groups is 1. The first kappa shape index (κ1) is 23.0. The Morgan fingerprint density at radius 3 is 2.53 bits per heavy atom. The summed E-state index contributed by atoms with van der Waals surface area (Å²) in [6.07, 6.45) is 8.92. The molecule has 1 aliphatic heterocycles. The minimum Gasteiger partial charge on any atom is -0.462 e. The molecule has 164 valence electrons. The number of thiophene rings is 1. The average molecular weight is 430 g/mol. The third-order valence-electron chi connectivity index (χ3n) is 5.69. The number of rotatable bonds is 13. The van der Waals surface area contributed by atoms with Gasteiger partial charge in [-0.1, -0.05) is 12.2 Å². The molecule has 2 aromatic heterocycles. The van der Waals surface area contributed by atoms with Gasteiger partial charge in [-0.3, -0.25) is 4.90 Å². The number of furan rings is 1. The number of aryl methyl sites for hydroxylation is 1. The highest BCUT2D eigenvalue weighted by atomic mass is 32.1. The summed E-state index contributed by atoms with van der Waals surface area (Å²) in [5.74, 6) is 1.53. The molecule has 1 unspecified atom stereocenters. The van der Waals surface area contributed by atoms with Crippen LogP contribution in [0.4, 0.5) is 0 Å².